The Morgan fingerprint density at radius 1 is 0.780 bits per heavy atom. The number of amides is 5. The van der Waals surface area contributed by atoms with Crippen LogP contribution in [0.4, 0.5) is 4.79 Å². The fourth-order valence-electron chi connectivity index (χ4n) is 11.3. The predicted octanol–water partition coefficient (Wildman–Crippen LogP) is 7.77. The summed E-state index contributed by atoms with van der Waals surface area (Å²) in [7, 11) is 3.00. The van der Waals surface area contributed by atoms with Gasteiger partial charge in [0.1, 0.15) is 17.7 Å². The molecule has 5 aliphatic rings. The summed E-state index contributed by atoms with van der Waals surface area (Å²) in [6, 6.07) is 4.04. The molecule has 5 amide bonds. The molecule has 82 heavy (non-hydrogen) atoms. The lowest BCUT2D eigenvalue weighted by Crippen LogP contribution is -2.56. The monoisotopic (exact) mass is 1140 g/mol. The molecule has 5 atom stereocenters. The number of likely N-dealkylation sites (tertiary alicyclic amines) is 1. The summed E-state index contributed by atoms with van der Waals surface area (Å²) in [6.07, 6.45) is 1.24. The van der Waals surface area contributed by atoms with Gasteiger partial charge in [-0.1, -0.05) is 27.7 Å². The van der Waals surface area contributed by atoms with E-state index in [1.54, 1.807) is 48.7 Å². The minimum absolute atomic E-state index is 0.0950. The molecule has 448 valence electrons. The van der Waals surface area contributed by atoms with Crippen molar-refractivity contribution in [2.75, 3.05) is 80.0 Å². The van der Waals surface area contributed by atoms with Crippen molar-refractivity contribution < 1.29 is 57.2 Å². The number of alkyl carbamates (subject to hydrolysis) is 1. The van der Waals surface area contributed by atoms with Gasteiger partial charge in [-0.3, -0.25) is 28.9 Å². The lowest BCUT2D eigenvalue weighted by molar-refractivity contribution is -0.140. The summed E-state index contributed by atoms with van der Waals surface area (Å²) in [5.41, 5.74) is 9.92. The van der Waals surface area contributed by atoms with Crippen LogP contribution in [-0.4, -0.2) is 175 Å². The molecule has 21 heteroatoms. The number of aryl methyl sites for hydroxylation is 1. The third-order valence-corrected chi connectivity index (χ3v) is 16.0. The van der Waals surface area contributed by atoms with Crippen LogP contribution >= 0.6 is 0 Å². The van der Waals surface area contributed by atoms with Crippen molar-refractivity contribution in [1.29, 1.82) is 0 Å². The number of hydrogen-bond acceptors (Lipinski definition) is 15. The van der Waals surface area contributed by atoms with Gasteiger partial charge in [-0.25, -0.2) is 14.8 Å². The molecule has 8 bridgehead atoms. The number of nitrogens with one attached hydrogen (secondary N) is 5. The van der Waals surface area contributed by atoms with E-state index in [1.807, 2.05) is 39.0 Å². The Labute approximate surface area is 482 Å². The minimum atomic E-state index is -0.914. The zero-order valence-electron chi connectivity index (χ0n) is 50.6. The van der Waals surface area contributed by atoms with E-state index in [0.717, 1.165) is 45.1 Å². The Kier molecular flexibility index (Phi) is 21.3. The van der Waals surface area contributed by atoms with Gasteiger partial charge in [-0.2, -0.15) is 0 Å². The maximum Gasteiger partial charge on any atom is 0.408 e. The average molecular weight is 1140 g/mol. The molecule has 0 saturated carbocycles. The van der Waals surface area contributed by atoms with Gasteiger partial charge in [-0.05, 0) is 127 Å². The third-order valence-electron chi connectivity index (χ3n) is 16.0. The largest absolute Gasteiger partial charge is 0.469 e. The van der Waals surface area contributed by atoms with Crippen LogP contribution in [0.25, 0.3) is 33.3 Å². The lowest BCUT2D eigenvalue weighted by atomic mass is 9.84. The molecule has 0 spiro atoms. The van der Waals surface area contributed by atoms with E-state index in [9.17, 15) is 24.0 Å². The van der Waals surface area contributed by atoms with Crippen LogP contribution in [0.1, 0.15) is 181 Å². The van der Waals surface area contributed by atoms with Crippen molar-refractivity contribution >= 4 is 69.0 Å². The van der Waals surface area contributed by atoms with Gasteiger partial charge in [0.05, 0.1) is 92.3 Å². The normalized spacial score (nSPS) is 18.4. The second-order valence-electron chi connectivity index (χ2n) is 23.2. The van der Waals surface area contributed by atoms with Crippen molar-refractivity contribution in [2.45, 2.75) is 157 Å². The first kappa shape index (κ1) is 63.1. The highest BCUT2D eigenvalue weighted by molar-refractivity contribution is 6.23. The number of aromatic amines is 2. The van der Waals surface area contributed by atoms with E-state index in [-0.39, 0.29) is 54.7 Å². The van der Waals surface area contributed by atoms with Crippen molar-refractivity contribution in [3.05, 3.63) is 69.1 Å². The number of hydrogen-bond donors (Lipinski definition) is 5. The summed E-state index contributed by atoms with van der Waals surface area (Å²) < 4.78 is 33.3. The third kappa shape index (κ3) is 14.8. The quantitative estimate of drug-likeness (QED) is 0.0382. The van der Waals surface area contributed by atoms with E-state index in [2.05, 4.69) is 51.6 Å². The Morgan fingerprint density at radius 3 is 2.07 bits per heavy atom. The van der Waals surface area contributed by atoms with E-state index in [0.29, 0.717) is 124 Å². The molecule has 7 heterocycles. The van der Waals surface area contributed by atoms with Gasteiger partial charge in [-0.15, -0.1) is 0 Å². The van der Waals surface area contributed by atoms with Gasteiger partial charge in [0.15, 0.2) is 0 Å². The molecule has 7 rings (SSSR count). The first-order chi connectivity index (χ1) is 39.0. The molecule has 2 aromatic rings. The number of imide groups is 1. The van der Waals surface area contributed by atoms with Crippen LogP contribution < -0.4 is 16.0 Å². The number of carbonyl (C=O) groups is 6. The number of ether oxygens (including phenoxy) is 6. The maximum absolute atomic E-state index is 15.4. The van der Waals surface area contributed by atoms with Gasteiger partial charge in [0.2, 0.25) is 11.8 Å². The summed E-state index contributed by atoms with van der Waals surface area (Å²) >= 11 is 0. The molecule has 1 saturated heterocycles. The van der Waals surface area contributed by atoms with Crippen LogP contribution in [0.3, 0.4) is 0 Å². The number of H-pyrrole nitrogens is 2. The van der Waals surface area contributed by atoms with Crippen LogP contribution in [-0.2, 0) is 42.8 Å². The molecule has 0 aliphatic carbocycles. The number of allylic oxidation sites excluding steroid dienone is 3. The van der Waals surface area contributed by atoms with Gasteiger partial charge in [0, 0.05) is 80.1 Å². The SMILES string of the molecule is CCC1=C(C)c2cc3nc(cc4[nH]c(c5c6[nH]c(cc1n2)c(C)c6C(=O)N(CCN1CCC(NC(=O)[C@H](C)NC(=O)[C@@H](NC(=O)OC(C)(C)C)C(C)C)CC1)C5=O)[C@@H](CCC(=O)OC)[C@@H]4C)C(C)=C3C(C)OCCOCCOCCOC. The number of methoxy groups -OCH3 is 2. The van der Waals surface area contributed by atoms with Gasteiger partial charge in [0.25, 0.3) is 11.8 Å². The number of piperidine rings is 1. The number of nitrogens with zero attached hydrogens (tertiary/aromatic N) is 4. The van der Waals surface area contributed by atoms with Crippen molar-refractivity contribution in [3.63, 3.8) is 0 Å². The molecule has 1 unspecified atom stereocenters. The smallest absolute Gasteiger partial charge is 0.408 e. The second-order valence-corrected chi connectivity index (χ2v) is 23.2. The zero-order chi connectivity index (χ0) is 59.7. The minimum Gasteiger partial charge on any atom is -0.469 e. The van der Waals surface area contributed by atoms with Crippen LogP contribution in [0, 0.1) is 12.8 Å². The first-order valence-electron chi connectivity index (χ1n) is 29.0. The molecule has 21 nitrogen and oxygen atoms in total. The van der Waals surface area contributed by atoms with Gasteiger partial charge >= 0.3 is 12.1 Å². The topological polar surface area (TPSA) is 258 Å². The van der Waals surface area contributed by atoms with E-state index in [4.69, 9.17) is 38.4 Å². The predicted molar refractivity (Wildman–Crippen MR) is 312 cm³/mol. The zero-order valence-corrected chi connectivity index (χ0v) is 50.6. The lowest BCUT2D eigenvalue weighted by Gasteiger charge is -2.34. The summed E-state index contributed by atoms with van der Waals surface area (Å²) in [5, 5.41) is 8.46. The van der Waals surface area contributed by atoms with E-state index < -0.39 is 41.5 Å². The average Bonchev–Trinajstić information content (AvgIpc) is 4.14. The number of fused-ring (bicyclic) bond motifs is 8. The summed E-state index contributed by atoms with van der Waals surface area (Å²) in [5.74, 6) is -2.96. The van der Waals surface area contributed by atoms with Crippen molar-refractivity contribution in [3.8, 4) is 0 Å². The number of rotatable bonds is 24. The Balaban J connectivity index is 1.17. The molecular weight excluding hydrogens is 1050 g/mol. The van der Waals surface area contributed by atoms with Gasteiger partial charge < -0.3 is 59.2 Å². The highest BCUT2D eigenvalue weighted by Gasteiger charge is 2.41. The fourth-order valence-corrected chi connectivity index (χ4v) is 11.3. The fraction of sp³-hybridized carbons (Fsp3) is 0.607. The number of aromatic nitrogens is 4. The Morgan fingerprint density at radius 2 is 1.43 bits per heavy atom. The van der Waals surface area contributed by atoms with Crippen LogP contribution in [0.2, 0.25) is 0 Å². The number of carbonyl (C=O) groups excluding carboxylic acids is 6. The maximum atomic E-state index is 15.4. The van der Waals surface area contributed by atoms with Crippen molar-refractivity contribution in [1.82, 2.24) is 45.7 Å². The molecule has 0 aromatic carbocycles. The number of esters is 1. The van der Waals surface area contributed by atoms with Crippen LogP contribution in [0.15, 0.2) is 18.2 Å². The molecule has 2 aromatic heterocycles. The Bertz CT molecular complexity index is 3000. The first-order valence-corrected chi connectivity index (χ1v) is 29.0. The molecule has 5 N–H and O–H groups in total. The van der Waals surface area contributed by atoms with Crippen LogP contribution in [0.5, 0.6) is 0 Å². The molecule has 1 fully saturated rings. The molecule has 5 aliphatic heterocycles. The molecule has 0 radical (unpaired) electrons. The highest BCUT2D eigenvalue weighted by atomic mass is 16.6. The molecular formula is C61H87N9O12. The standard InChI is InChI=1S/C61H87N9O12/c1-15-41-34(4)43-32-48-50(39(9)81-29-28-80-27-26-79-25-24-77-13)36(6)45(65-48)30-44-35(5)42(16-17-49(71)78-14)54(66-44)52-55-51(37(7)46(67-55)31-47(41)64-43)58(74)70(59(52)75)23-22-69-20-18-40(19-21-69)63-56(72)38(8)62-57(73)53(33(2)3)68-60(76)82-61(10,11)12/h30-33,35,38-40,42,53,66-67H,15-29H2,1-14H3,(H,62,73)(H,63,72)(H,68,76)/t35-,38-,39?,42-,53-/m0/s1. The summed E-state index contributed by atoms with van der Waals surface area (Å²) in [6.45, 7) is 26.8. The van der Waals surface area contributed by atoms with E-state index >= 15 is 4.79 Å². The van der Waals surface area contributed by atoms with Crippen molar-refractivity contribution in [2.24, 2.45) is 5.92 Å². The Hall–Kier alpha value is -6.52. The second kappa shape index (κ2) is 27.7. The highest BCUT2D eigenvalue weighted by Crippen LogP contribution is 2.45. The van der Waals surface area contributed by atoms with E-state index in [1.165, 1.54) is 12.0 Å². The summed E-state index contributed by atoms with van der Waals surface area (Å²) in [4.78, 5) is 104.